The predicted octanol–water partition coefficient (Wildman–Crippen LogP) is 1.10. The van der Waals surface area contributed by atoms with Gasteiger partial charge in [0, 0.05) is 17.4 Å². The Balaban J connectivity index is 0.000000640. The smallest absolute Gasteiger partial charge is 0.115 e. The van der Waals surface area contributed by atoms with Crippen molar-refractivity contribution in [2.24, 2.45) is 0 Å². The summed E-state index contributed by atoms with van der Waals surface area (Å²) in [6.07, 6.45) is 0. The predicted molar refractivity (Wildman–Crippen MR) is 29.8 cm³/mol. The largest absolute Gasteiger partial charge is 0.508 e. The summed E-state index contributed by atoms with van der Waals surface area (Å²) >= 11 is 0. The van der Waals surface area contributed by atoms with Crippen LogP contribution in [-0.4, -0.2) is 10.2 Å². The minimum absolute atomic E-state index is 0. The third-order valence-corrected chi connectivity index (χ3v) is 0.850. The minimum Gasteiger partial charge on any atom is -0.508 e. The molecule has 0 fully saturated rings. The van der Waals surface area contributed by atoms with Gasteiger partial charge in [-0.25, -0.2) is 0 Å². The molecule has 0 radical (unpaired) electrons. The molecular formula is C6H6CrO2. The number of hydrogen-bond acceptors (Lipinski definition) is 2. The Morgan fingerprint density at radius 2 is 1.00 bits per heavy atom. The Labute approximate surface area is 63.9 Å². The third kappa shape index (κ3) is 2.41. The van der Waals surface area contributed by atoms with E-state index in [1.165, 1.54) is 24.3 Å². The summed E-state index contributed by atoms with van der Waals surface area (Å²) in [6, 6.07) is 5.70. The Morgan fingerprint density at radius 1 is 0.778 bits per heavy atom. The van der Waals surface area contributed by atoms with E-state index >= 15 is 0 Å². The second-order valence-corrected chi connectivity index (χ2v) is 1.52. The summed E-state index contributed by atoms with van der Waals surface area (Å²) in [6.45, 7) is 0. The van der Waals surface area contributed by atoms with E-state index in [1.807, 2.05) is 0 Å². The van der Waals surface area contributed by atoms with Gasteiger partial charge < -0.3 is 10.2 Å². The number of phenols is 2. The van der Waals surface area contributed by atoms with Crippen molar-refractivity contribution in [2.45, 2.75) is 0 Å². The molecule has 0 amide bonds. The van der Waals surface area contributed by atoms with Crippen LogP contribution in [0.2, 0.25) is 0 Å². The molecule has 3 heteroatoms. The van der Waals surface area contributed by atoms with E-state index in [-0.39, 0.29) is 28.9 Å². The Hall–Kier alpha value is -0.648. The first-order valence-corrected chi connectivity index (χ1v) is 2.27. The van der Waals surface area contributed by atoms with E-state index in [0.29, 0.717) is 0 Å². The zero-order valence-corrected chi connectivity index (χ0v) is 5.89. The molecule has 1 aromatic carbocycles. The maximum Gasteiger partial charge on any atom is 0.115 e. The second-order valence-electron chi connectivity index (χ2n) is 1.52. The maximum atomic E-state index is 8.65. The average Bonchev–Trinajstić information content (AvgIpc) is 1.77. The molecule has 0 saturated heterocycles. The van der Waals surface area contributed by atoms with Crippen molar-refractivity contribution in [1.82, 2.24) is 0 Å². The summed E-state index contributed by atoms with van der Waals surface area (Å²) in [4.78, 5) is 0. The van der Waals surface area contributed by atoms with Crippen molar-refractivity contribution in [3.63, 3.8) is 0 Å². The van der Waals surface area contributed by atoms with E-state index in [1.54, 1.807) is 0 Å². The Kier molecular flexibility index (Phi) is 3.15. The van der Waals surface area contributed by atoms with Crippen molar-refractivity contribution in [2.75, 3.05) is 0 Å². The van der Waals surface area contributed by atoms with Gasteiger partial charge in [0.2, 0.25) is 0 Å². The zero-order chi connectivity index (χ0) is 5.98. The number of aromatic hydroxyl groups is 2. The van der Waals surface area contributed by atoms with E-state index in [4.69, 9.17) is 10.2 Å². The van der Waals surface area contributed by atoms with E-state index in [2.05, 4.69) is 0 Å². The van der Waals surface area contributed by atoms with Gasteiger partial charge >= 0.3 is 0 Å². The van der Waals surface area contributed by atoms with Gasteiger partial charge in [0.25, 0.3) is 0 Å². The molecule has 0 saturated carbocycles. The van der Waals surface area contributed by atoms with Gasteiger partial charge in [-0.1, -0.05) is 0 Å². The molecule has 48 valence electrons. The van der Waals surface area contributed by atoms with Crippen molar-refractivity contribution in [1.29, 1.82) is 0 Å². The van der Waals surface area contributed by atoms with Crippen LogP contribution in [0.5, 0.6) is 11.5 Å². The molecule has 0 aromatic heterocycles. The van der Waals surface area contributed by atoms with Gasteiger partial charge in [-0.15, -0.1) is 0 Å². The van der Waals surface area contributed by atoms with Gasteiger partial charge in [-0.2, -0.15) is 0 Å². The van der Waals surface area contributed by atoms with Crippen LogP contribution in [0, 0.1) is 0 Å². The van der Waals surface area contributed by atoms with Crippen LogP contribution in [0.3, 0.4) is 0 Å². The maximum absolute atomic E-state index is 8.65. The van der Waals surface area contributed by atoms with Crippen LogP contribution < -0.4 is 0 Å². The molecule has 0 spiro atoms. The van der Waals surface area contributed by atoms with Gasteiger partial charge in [-0.3, -0.25) is 0 Å². The van der Waals surface area contributed by atoms with Crippen LogP contribution in [-0.2, 0) is 17.4 Å². The van der Waals surface area contributed by atoms with Crippen LogP contribution in [0.15, 0.2) is 24.3 Å². The fourth-order valence-corrected chi connectivity index (χ4v) is 0.453. The first-order chi connectivity index (χ1) is 3.79. The van der Waals surface area contributed by atoms with Gasteiger partial charge in [0.1, 0.15) is 11.5 Å². The molecule has 0 unspecified atom stereocenters. The molecule has 0 aliphatic heterocycles. The monoisotopic (exact) mass is 162 g/mol. The normalized spacial score (nSPS) is 8.00. The molecule has 9 heavy (non-hydrogen) atoms. The van der Waals surface area contributed by atoms with Crippen LogP contribution >= 0.6 is 0 Å². The van der Waals surface area contributed by atoms with Crippen molar-refractivity contribution < 1.29 is 27.6 Å². The molecule has 1 rings (SSSR count). The first kappa shape index (κ1) is 8.35. The Bertz CT molecular complexity index is 150. The van der Waals surface area contributed by atoms with Gasteiger partial charge in [0.05, 0.1) is 0 Å². The summed E-state index contributed by atoms with van der Waals surface area (Å²) in [5.41, 5.74) is 0. The SMILES string of the molecule is Oc1ccc(O)cc1.[Cr]. The Morgan fingerprint density at radius 3 is 1.22 bits per heavy atom. The molecule has 2 nitrogen and oxygen atoms in total. The fraction of sp³-hybridized carbons (Fsp3) is 0. The topological polar surface area (TPSA) is 40.5 Å². The summed E-state index contributed by atoms with van der Waals surface area (Å²) < 4.78 is 0. The molecular weight excluding hydrogens is 156 g/mol. The standard InChI is InChI=1S/C6H6O2.Cr/c7-5-1-2-6(8)4-3-5;/h1-4,7-8H;. The minimum atomic E-state index is 0. The first-order valence-electron chi connectivity index (χ1n) is 2.27. The van der Waals surface area contributed by atoms with Crippen molar-refractivity contribution in [3.05, 3.63) is 24.3 Å². The fourth-order valence-electron chi connectivity index (χ4n) is 0.453. The van der Waals surface area contributed by atoms with Gasteiger partial charge in [0.15, 0.2) is 0 Å². The number of hydrogen-bond donors (Lipinski definition) is 2. The molecule has 0 atom stereocenters. The molecule has 1 aromatic rings. The summed E-state index contributed by atoms with van der Waals surface area (Å²) in [7, 11) is 0. The molecule has 2 N–H and O–H groups in total. The number of rotatable bonds is 0. The molecule has 0 heterocycles. The zero-order valence-electron chi connectivity index (χ0n) is 4.61. The van der Waals surface area contributed by atoms with Gasteiger partial charge in [-0.05, 0) is 24.3 Å². The molecule has 0 aliphatic carbocycles. The quantitative estimate of drug-likeness (QED) is 0.560. The van der Waals surface area contributed by atoms with Crippen molar-refractivity contribution in [3.8, 4) is 11.5 Å². The van der Waals surface area contributed by atoms with E-state index in [9.17, 15) is 0 Å². The summed E-state index contributed by atoms with van der Waals surface area (Å²) in [5.74, 6) is 0.339. The van der Waals surface area contributed by atoms with E-state index in [0.717, 1.165) is 0 Å². The number of benzene rings is 1. The van der Waals surface area contributed by atoms with Crippen LogP contribution in [0.25, 0.3) is 0 Å². The molecule has 0 aliphatic rings. The second kappa shape index (κ2) is 3.39. The van der Waals surface area contributed by atoms with Crippen LogP contribution in [0.4, 0.5) is 0 Å². The average molecular weight is 162 g/mol. The van der Waals surface area contributed by atoms with Crippen LogP contribution in [0.1, 0.15) is 0 Å². The van der Waals surface area contributed by atoms with E-state index < -0.39 is 0 Å². The molecule has 0 bridgehead atoms. The third-order valence-electron chi connectivity index (χ3n) is 0.850. The number of phenolic OH excluding ortho intramolecular Hbond substituents is 2. The van der Waals surface area contributed by atoms with Crippen molar-refractivity contribution >= 4 is 0 Å². The summed E-state index contributed by atoms with van der Waals surface area (Å²) in [5, 5.41) is 17.3.